The highest BCUT2D eigenvalue weighted by Gasteiger charge is 2.12. The Morgan fingerprint density at radius 2 is 1.60 bits per heavy atom. The van der Waals surface area contributed by atoms with Crippen molar-refractivity contribution in [1.29, 1.82) is 0 Å². The van der Waals surface area contributed by atoms with Gasteiger partial charge in [0.05, 0.1) is 5.69 Å². The molecule has 1 amide bonds. The van der Waals surface area contributed by atoms with Gasteiger partial charge in [0.1, 0.15) is 16.9 Å². The summed E-state index contributed by atoms with van der Waals surface area (Å²) in [7, 11) is 0. The number of nitrogens with zero attached hydrogens (tertiary/aromatic N) is 3. The minimum absolute atomic E-state index is 0.189. The molecular formula is C22H18FN5OS. The van der Waals surface area contributed by atoms with E-state index in [1.807, 2.05) is 38.1 Å². The second kappa shape index (κ2) is 8.00. The third-order valence-electron chi connectivity index (χ3n) is 4.57. The summed E-state index contributed by atoms with van der Waals surface area (Å²) < 4.78 is 13.2. The molecule has 2 N–H and O–H groups in total. The molecule has 0 saturated heterocycles. The van der Waals surface area contributed by atoms with Crippen molar-refractivity contribution in [3.05, 3.63) is 83.2 Å². The van der Waals surface area contributed by atoms with Crippen molar-refractivity contribution in [2.24, 2.45) is 0 Å². The molecule has 0 aliphatic carbocycles. The third-order valence-corrected chi connectivity index (χ3v) is 4.78. The van der Waals surface area contributed by atoms with Gasteiger partial charge in [-0.25, -0.2) is 4.39 Å². The van der Waals surface area contributed by atoms with E-state index in [1.54, 1.807) is 24.3 Å². The van der Waals surface area contributed by atoms with Gasteiger partial charge in [-0.15, -0.1) is 10.2 Å². The molecule has 4 rings (SSSR count). The summed E-state index contributed by atoms with van der Waals surface area (Å²) >= 11 is 5.29. The standard InChI is InChI=1S/C22H18FN5OS/c1-13-3-5-15(6-4-13)21(29)25-22(30)24-18-12-20-19(11-14(18)2)26-28(27-20)17-9-7-16(23)8-10-17/h3-12H,1-2H3,(H2,24,25,29,30). The van der Waals surface area contributed by atoms with Crippen LogP contribution in [0.4, 0.5) is 10.1 Å². The van der Waals surface area contributed by atoms with Gasteiger partial charge in [0.2, 0.25) is 0 Å². The van der Waals surface area contributed by atoms with Crippen molar-refractivity contribution in [2.75, 3.05) is 5.32 Å². The normalized spacial score (nSPS) is 10.8. The third kappa shape index (κ3) is 4.18. The second-order valence-corrected chi connectivity index (χ2v) is 7.30. The van der Waals surface area contributed by atoms with Gasteiger partial charge in [0.25, 0.3) is 5.91 Å². The Bertz CT molecular complexity index is 1250. The molecule has 0 aliphatic rings. The Balaban J connectivity index is 1.52. The van der Waals surface area contributed by atoms with Crippen molar-refractivity contribution in [2.45, 2.75) is 13.8 Å². The number of aryl methyl sites for hydroxylation is 2. The maximum atomic E-state index is 13.2. The van der Waals surface area contributed by atoms with Gasteiger partial charge < -0.3 is 5.32 Å². The van der Waals surface area contributed by atoms with Gasteiger partial charge in [-0.2, -0.15) is 4.80 Å². The predicted octanol–water partition coefficient (Wildman–Crippen LogP) is 4.30. The maximum Gasteiger partial charge on any atom is 0.257 e. The van der Waals surface area contributed by atoms with E-state index in [1.165, 1.54) is 16.9 Å². The average Bonchev–Trinajstić information content (AvgIpc) is 3.11. The summed E-state index contributed by atoms with van der Waals surface area (Å²) in [6.07, 6.45) is 0. The zero-order valence-electron chi connectivity index (χ0n) is 16.3. The van der Waals surface area contributed by atoms with Gasteiger partial charge in [-0.3, -0.25) is 10.1 Å². The molecule has 0 aliphatic heterocycles. The van der Waals surface area contributed by atoms with Crippen LogP contribution in [0.15, 0.2) is 60.7 Å². The van der Waals surface area contributed by atoms with Gasteiger partial charge in [0, 0.05) is 11.3 Å². The van der Waals surface area contributed by atoms with Crippen LogP contribution in [0.1, 0.15) is 21.5 Å². The fourth-order valence-electron chi connectivity index (χ4n) is 2.93. The molecule has 0 unspecified atom stereocenters. The van der Waals surface area contributed by atoms with E-state index in [4.69, 9.17) is 12.2 Å². The lowest BCUT2D eigenvalue weighted by Crippen LogP contribution is -2.34. The van der Waals surface area contributed by atoms with Crippen molar-refractivity contribution in [1.82, 2.24) is 20.3 Å². The lowest BCUT2D eigenvalue weighted by Gasteiger charge is -2.11. The van der Waals surface area contributed by atoms with Crippen molar-refractivity contribution in [3.63, 3.8) is 0 Å². The van der Waals surface area contributed by atoms with E-state index < -0.39 is 0 Å². The molecule has 0 radical (unpaired) electrons. The predicted molar refractivity (Wildman–Crippen MR) is 118 cm³/mol. The molecule has 3 aromatic carbocycles. The lowest BCUT2D eigenvalue weighted by molar-refractivity contribution is 0.0977. The van der Waals surface area contributed by atoms with Gasteiger partial charge >= 0.3 is 0 Å². The first-order chi connectivity index (χ1) is 14.4. The number of hydrogen-bond donors (Lipinski definition) is 2. The maximum absolute atomic E-state index is 13.2. The lowest BCUT2D eigenvalue weighted by atomic mass is 10.1. The number of hydrogen-bond acceptors (Lipinski definition) is 4. The quantitative estimate of drug-likeness (QED) is 0.485. The highest BCUT2D eigenvalue weighted by atomic mass is 32.1. The number of nitrogens with one attached hydrogen (secondary N) is 2. The minimum atomic E-state index is -0.320. The Morgan fingerprint density at radius 3 is 2.27 bits per heavy atom. The summed E-state index contributed by atoms with van der Waals surface area (Å²) in [5.74, 6) is -0.604. The Kier molecular flexibility index (Phi) is 5.24. The summed E-state index contributed by atoms with van der Waals surface area (Å²) in [5.41, 5.74) is 5.19. The Hall–Kier alpha value is -3.65. The zero-order valence-corrected chi connectivity index (χ0v) is 17.1. The molecule has 0 spiro atoms. The van der Waals surface area contributed by atoms with Gasteiger partial charge in [-0.05, 0) is 80.2 Å². The average molecular weight is 419 g/mol. The fourth-order valence-corrected chi connectivity index (χ4v) is 3.13. The molecule has 150 valence electrons. The molecule has 0 atom stereocenters. The van der Waals surface area contributed by atoms with Crippen LogP contribution >= 0.6 is 12.2 Å². The van der Waals surface area contributed by atoms with Crippen molar-refractivity contribution < 1.29 is 9.18 Å². The highest BCUT2D eigenvalue weighted by Crippen LogP contribution is 2.22. The highest BCUT2D eigenvalue weighted by molar-refractivity contribution is 7.80. The van der Waals surface area contributed by atoms with Gasteiger partial charge in [-0.1, -0.05) is 17.7 Å². The number of benzene rings is 3. The van der Waals surface area contributed by atoms with Crippen LogP contribution in [0.5, 0.6) is 0 Å². The van der Waals surface area contributed by atoms with Crippen LogP contribution < -0.4 is 10.6 Å². The van der Waals surface area contributed by atoms with Crippen LogP contribution in [-0.4, -0.2) is 26.0 Å². The van der Waals surface area contributed by atoms with Crippen LogP contribution in [0.2, 0.25) is 0 Å². The molecule has 0 saturated carbocycles. The SMILES string of the molecule is Cc1ccc(C(=O)NC(=S)Nc2cc3nn(-c4ccc(F)cc4)nc3cc2C)cc1. The van der Waals surface area contributed by atoms with E-state index in [9.17, 15) is 9.18 Å². The molecule has 0 fully saturated rings. The summed E-state index contributed by atoms with van der Waals surface area (Å²) in [6, 6.07) is 16.8. The molecule has 1 heterocycles. The monoisotopic (exact) mass is 419 g/mol. The van der Waals surface area contributed by atoms with E-state index >= 15 is 0 Å². The zero-order chi connectivity index (χ0) is 21.3. The van der Waals surface area contributed by atoms with Crippen LogP contribution in [-0.2, 0) is 0 Å². The molecule has 1 aromatic heterocycles. The summed E-state index contributed by atoms with van der Waals surface area (Å²) in [4.78, 5) is 13.8. The summed E-state index contributed by atoms with van der Waals surface area (Å²) in [5, 5.41) is 14.8. The molecule has 4 aromatic rings. The number of aromatic nitrogens is 3. The van der Waals surface area contributed by atoms with Crippen molar-refractivity contribution in [3.8, 4) is 5.69 Å². The molecule has 0 bridgehead atoms. The first-order valence-corrected chi connectivity index (χ1v) is 9.62. The number of rotatable bonds is 3. The first-order valence-electron chi connectivity index (χ1n) is 9.22. The number of carbonyl (C=O) groups excluding carboxylic acids is 1. The number of fused-ring (bicyclic) bond motifs is 1. The molecule has 30 heavy (non-hydrogen) atoms. The molecule has 8 heteroatoms. The number of halogens is 1. The molecular weight excluding hydrogens is 401 g/mol. The van der Waals surface area contributed by atoms with E-state index in [0.717, 1.165) is 11.1 Å². The Labute approximate surface area is 177 Å². The summed E-state index contributed by atoms with van der Waals surface area (Å²) in [6.45, 7) is 3.86. The van der Waals surface area contributed by atoms with E-state index in [0.29, 0.717) is 28.0 Å². The number of thiocarbonyl (C=S) groups is 1. The first kappa shape index (κ1) is 19.7. The smallest absolute Gasteiger partial charge is 0.257 e. The van der Waals surface area contributed by atoms with Crippen molar-refractivity contribution >= 4 is 40.0 Å². The number of anilines is 1. The largest absolute Gasteiger partial charge is 0.332 e. The molecule has 6 nitrogen and oxygen atoms in total. The fraction of sp³-hybridized carbons (Fsp3) is 0.0909. The number of amides is 1. The van der Waals surface area contributed by atoms with E-state index in [-0.39, 0.29) is 16.8 Å². The van der Waals surface area contributed by atoms with E-state index in [2.05, 4.69) is 20.8 Å². The Morgan fingerprint density at radius 1 is 0.967 bits per heavy atom. The second-order valence-electron chi connectivity index (χ2n) is 6.90. The van der Waals surface area contributed by atoms with Gasteiger partial charge in [0.15, 0.2) is 5.11 Å². The topological polar surface area (TPSA) is 71.8 Å². The van der Waals surface area contributed by atoms with Crippen LogP contribution in [0.25, 0.3) is 16.7 Å². The van der Waals surface area contributed by atoms with Crippen LogP contribution in [0.3, 0.4) is 0 Å². The minimum Gasteiger partial charge on any atom is -0.332 e. The van der Waals surface area contributed by atoms with Crippen LogP contribution in [0, 0.1) is 19.7 Å². The number of carbonyl (C=O) groups is 1.